The first-order valence-electron chi connectivity index (χ1n) is 8.26. The molecule has 0 spiro atoms. The van der Waals surface area contributed by atoms with Gasteiger partial charge in [0.25, 0.3) is 5.91 Å². The SMILES string of the molecule is O=C(CCC(=O)OCC(=O)Nc1cc(C(F)(F)F)ccc1Cl)NCc1ccco1. The Morgan fingerprint density at radius 3 is 2.52 bits per heavy atom. The Kier molecular flexibility index (Phi) is 7.66. The fraction of sp³-hybridized carbons (Fsp3) is 0.278. The second-order valence-corrected chi connectivity index (χ2v) is 6.16. The number of alkyl halides is 3. The van der Waals surface area contributed by atoms with Crippen LogP contribution in [0.4, 0.5) is 18.9 Å². The van der Waals surface area contributed by atoms with Crippen molar-refractivity contribution in [2.75, 3.05) is 11.9 Å². The lowest BCUT2D eigenvalue weighted by atomic mass is 10.2. The van der Waals surface area contributed by atoms with E-state index in [1.54, 1.807) is 12.1 Å². The van der Waals surface area contributed by atoms with Gasteiger partial charge in [-0.15, -0.1) is 0 Å². The predicted molar refractivity (Wildman–Crippen MR) is 95.8 cm³/mol. The molecule has 0 unspecified atom stereocenters. The number of furan rings is 1. The molecule has 2 aromatic rings. The summed E-state index contributed by atoms with van der Waals surface area (Å²) in [5.41, 5.74) is -1.25. The van der Waals surface area contributed by atoms with E-state index in [-0.39, 0.29) is 30.1 Å². The van der Waals surface area contributed by atoms with Gasteiger partial charge in [-0.2, -0.15) is 13.2 Å². The summed E-state index contributed by atoms with van der Waals surface area (Å²) >= 11 is 5.76. The second-order valence-electron chi connectivity index (χ2n) is 5.76. The monoisotopic (exact) mass is 432 g/mol. The lowest BCUT2D eigenvalue weighted by molar-refractivity contribution is -0.148. The molecule has 0 aliphatic carbocycles. The number of amides is 2. The van der Waals surface area contributed by atoms with Gasteiger partial charge in [-0.05, 0) is 30.3 Å². The molecule has 11 heteroatoms. The minimum absolute atomic E-state index is 0.106. The number of rotatable bonds is 8. The van der Waals surface area contributed by atoms with Crippen LogP contribution in [0.3, 0.4) is 0 Å². The molecule has 0 bridgehead atoms. The van der Waals surface area contributed by atoms with Crippen LogP contribution < -0.4 is 10.6 Å². The fourth-order valence-corrected chi connectivity index (χ4v) is 2.27. The van der Waals surface area contributed by atoms with E-state index >= 15 is 0 Å². The highest BCUT2D eigenvalue weighted by atomic mass is 35.5. The van der Waals surface area contributed by atoms with E-state index < -0.39 is 36.1 Å². The van der Waals surface area contributed by atoms with E-state index in [2.05, 4.69) is 10.6 Å². The highest BCUT2D eigenvalue weighted by Gasteiger charge is 2.31. The average molecular weight is 433 g/mol. The van der Waals surface area contributed by atoms with Crippen molar-refractivity contribution in [2.45, 2.75) is 25.6 Å². The smallest absolute Gasteiger partial charge is 0.416 e. The zero-order valence-electron chi connectivity index (χ0n) is 14.8. The van der Waals surface area contributed by atoms with Gasteiger partial charge in [0.05, 0.1) is 35.5 Å². The van der Waals surface area contributed by atoms with Crippen molar-refractivity contribution in [3.63, 3.8) is 0 Å². The molecule has 29 heavy (non-hydrogen) atoms. The zero-order valence-corrected chi connectivity index (χ0v) is 15.6. The minimum atomic E-state index is -4.60. The van der Waals surface area contributed by atoms with E-state index in [9.17, 15) is 27.6 Å². The first-order chi connectivity index (χ1) is 13.6. The molecule has 1 heterocycles. The first-order valence-corrected chi connectivity index (χ1v) is 8.64. The van der Waals surface area contributed by atoms with Crippen molar-refractivity contribution in [1.82, 2.24) is 5.32 Å². The molecule has 0 saturated heterocycles. The molecule has 0 atom stereocenters. The van der Waals surface area contributed by atoms with Crippen LogP contribution in [-0.4, -0.2) is 24.4 Å². The number of hydrogen-bond donors (Lipinski definition) is 2. The number of carbonyl (C=O) groups is 3. The standard InChI is InChI=1S/C18H16ClF3N2O5/c19-13-4-3-11(18(20,21)22)8-14(13)24-16(26)10-29-17(27)6-5-15(25)23-9-12-2-1-7-28-12/h1-4,7-8H,5-6,9-10H2,(H,23,25)(H,24,26). The van der Waals surface area contributed by atoms with Gasteiger partial charge in [0.15, 0.2) is 6.61 Å². The minimum Gasteiger partial charge on any atom is -0.467 e. The third-order valence-corrected chi connectivity index (χ3v) is 3.86. The van der Waals surface area contributed by atoms with Crippen molar-refractivity contribution in [3.8, 4) is 0 Å². The molecule has 156 valence electrons. The van der Waals surface area contributed by atoms with E-state index in [0.717, 1.165) is 12.1 Å². The summed E-state index contributed by atoms with van der Waals surface area (Å²) in [7, 11) is 0. The first kappa shape index (κ1) is 22.3. The summed E-state index contributed by atoms with van der Waals surface area (Å²) in [4.78, 5) is 35.0. The molecule has 0 radical (unpaired) electrons. The molecule has 0 saturated carbocycles. The fourth-order valence-electron chi connectivity index (χ4n) is 2.10. The van der Waals surface area contributed by atoms with Crippen LogP contribution in [0.25, 0.3) is 0 Å². The second kappa shape index (κ2) is 9.97. The molecule has 2 N–H and O–H groups in total. The number of nitrogens with one attached hydrogen (secondary N) is 2. The number of carbonyl (C=O) groups excluding carboxylic acids is 3. The number of ether oxygens (including phenoxy) is 1. The molecule has 1 aromatic carbocycles. The molecule has 0 fully saturated rings. The van der Waals surface area contributed by atoms with Gasteiger partial charge in [0, 0.05) is 6.42 Å². The number of benzene rings is 1. The number of hydrogen-bond acceptors (Lipinski definition) is 5. The third kappa shape index (κ3) is 7.49. The molecule has 1 aromatic heterocycles. The van der Waals surface area contributed by atoms with Gasteiger partial charge in [0.1, 0.15) is 5.76 Å². The zero-order chi connectivity index (χ0) is 21.4. The lowest BCUT2D eigenvalue weighted by Crippen LogP contribution is -2.25. The van der Waals surface area contributed by atoms with Gasteiger partial charge in [-0.25, -0.2) is 0 Å². The van der Waals surface area contributed by atoms with E-state index in [4.69, 9.17) is 20.8 Å². The Labute approximate surface area is 168 Å². The Hall–Kier alpha value is -3.01. The van der Waals surface area contributed by atoms with Crippen LogP contribution in [0, 0.1) is 0 Å². The largest absolute Gasteiger partial charge is 0.467 e. The highest BCUT2D eigenvalue weighted by molar-refractivity contribution is 6.33. The van der Waals surface area contributed by atoms with Gasteiger partial charge < -0.3 is 19.8 Å². The molecule has 0 aliphatic heterocycles. The van der Waals surface area contributed by atoms with Crippen LogP contribution in [0.15, 0.2) is 41.0 Å². The van der Waals surface area contributed by atoms with Crippen molar-refractivity contribution >= 4 is 35.1 Å². The van der Waals surface area contributed by atoms with Crippen LogP contribution in [0.5, 0.6) is 0 Å². The number of halogens is 4. The van der Waals surface area contributed by atoms with Crippen molar-refractivity contribution in [1.29, 1.82) is 0 Å². The Balaban J connectivity index is 1.73. The van der Waals surface area contributed by atoms with Crippen LogP contribution in [0.2, 0.25) is 5.02 Å². The summed E-state index contributed by atoms with van der Waals surface area (Å²) in [6.07, 6.45) is -3.59. The highest BCUT2D eigenvalue weighted by Crippen LogP contribution is 2.33. The van der Waals surface area contributed by atoms with Gasteiger partial charge >= 0.3 is 12.1 Å². The van der Waals surface area contributed by atoms with E-state index in [1.165, 1.54) is 6.26 Å². The van der Waals surface area contributed by atoms with Crippen LogP contribution >= 0.6 is 11.6 Å². The van der Waals surface area contributed by atoms with E-state index in [0.29, 0.717) is 11.8 Å². The maximum atomic E-state index is 12.7. The third-order valence-electron chi connectivity index (χ3n) is 3.53. The summed E-state index contributed by atoms with van der Waals surface area (Å²) in [6, 6.07) is 5.77. The Morgan fingerprint density at radius 1 is 1.10 bits per heavy atom. The summed E-state index contributed by atoms with van der Waals surface area (Å²) in [6.45, 7) is -0.569. The van der Waals surface area contributed by atoms with Crippen LogP contribution in [0.1, 0.15) is 24.2 Å². The Bertz CT molecular complexity index is 869. The molecule has 2 rings (SSSR count). The van der Waals surface area contributed by atoms with E-state index in [1.807, 2.05) is 0 Å². The average Bonchev–Trinajstić information content (AvgIpc) is 3.17. The van der Waals surface area contributed by atoms with Gasteiger partial charge in [-0.3, -0.25) is 14.4 Å². The number of anilines is 1. The van der Waals surface area contributed by atoms with Gasteiger partial charge in [-0.1, -0.05) is 11.6 Å². The molecular formula is C18H16ClF3N2O5. The molecular weight excluding hydrogens is 417 g/mol. The molecule has 0 aliphatic rings. The number of esters is 1. The summed E-state index contributed by atoms with van der Waals surface area (Å²) in [5, 5.41) is 4.57. The molecule has 7 nitrogen and oxygen atoms in total. The van der Waals surface area contributed by atoms with Crippen molar-refractivity contribution in [3.05, 3.63) is 52.9 Å². The predicted octanol–water partition coefficient (Wildman–Crippen LogP) is 3.53. The summed E-state index contributed by atoms with van der Waals surface area (Å²) in [5.74, 6) is -1.56. The van der Waals surface area contributed by atoms with Crippen molar-refractivity contribution < 1.29 is 36.7 Å². The van der Waals surface area contributed by atoms with Crippen LogP contribution in [-0.2, 0) is 31.8 Å². The maximum Gasteiger partial charge on any atom is 0.416 e. The van der Waals surface area contributed by atoms with Crippen molar-refractivity contribution in [2.24, 2.45) is 0 Å². The van der Waals surface area contributed by atoms with Gasteiger partial charge in [0.2, 0.25) is 5.91 Å². The quantitative estimate of drug-likeness (QED) is 0.622. The lowest BCUT2D eigenvalue weighted by Gasteiger charge is -2.12. The maximum absolute atomic E-state index is 12.7. The molecule has 2 amide bonds. The summed E-state index contributed by atoms with van der Waals surface area (Å²) < 4.78 is 47.9. The normalized spacial score (nSPS) is 11.0. The Morgan fingerprint density at radius 2 is 1.86 bits per heavy atom. The topological polar surface area (TPSA) is 97.6 Å².